The average molecular weight is 399 g/mol. The lowest BCUT2D eigenvalue weighted by molar-refractivity contribution is -0.138. The fraction of sp³-hybridized carbons (Fsp3) is 0.294. The molecular weight excluding hydrogens is 385 g/mol. The van der Waals surface area contributed by atoms with Gasteiger partial charge in [0.1, 0.15) is 5.92 Å². The highest BCUT2D eigenvalue weighted by Gasteiger charge is 2.44. The second-order valence-electron chi connectivity index (χ2n) is 6.15. The normalized spacial score (nSPS) is 20.0. The Morgan fingerprint density at radius 3 is 2.41 bits per heavy atom. The molecule has 1 fully saturated rings. The minimum Gasteiger partial charge on any atom is -0.344 e. The maximum Gasteiger partial charge on any atom is 0.416 e. The topological polar surface area (TPSA) is 75.2 Å². The first-order valence-electron chi connectivity index (χ1n) is 7.89. The maximum absolute atomic E-state index is 12.7. The molecule has 2 amide bonds. The van der Waals surface area contributed by atoms with Crippen LogP contribution in [0.5, 0.6) is 0 Å². The first-order valence-corrected chi connectivity index (χ1v) is 8.27. The summed E-state index contributed by atoms with van der Waals surface area (Å²) in [5.41, 5.74) is -0.315. The second kappa shape index (κ2) is 7.15. The number of rotatable bonds is 3. The smallest absolute Gasteiger partial charge is 0.344 e. The number of hydrogen-bond acceptors (Lipinski definition) is 4. The summed E-state index contributed by atoms with van der Waals surface area (Å²) in [6.07, 6.45) is -4.45. The fourth-order valence-corrected chi connectivity index (χ4v) is 3.10. The van der Waals surface area contributed by atoms with Gasteiger partial charge in [0.15, 0.2) is 11.0 Å². The van der Waals surface area contributed by atoms with E-state index in [9.17, 15) is 22.8 Å². The number of carbonyl (C=O) groups is 2. The summed E-state index contributed by atoms with van der Waals surface area (Å²) >= 11 is 5.64. The SMILES string of the molecule is CN1C[C@@H](c2ccc(C(F)(F)F)cc2)[C@H](C(=O)Nc2ccc(Cl)nn2)C1=O. The van der Waals surface area contributed by atoms with Crippen LogP contribution in [0.25, 0.3) is 0 Å². The molecule has 142 valence electrons. The number of aromatic nitrogens is 2. The monoisotopic (exact) mass is 398 g/mol. The van der Waals surface area contributed by atoms with Crippen LogP contribution in [0.15, 0.2) is 36.4 Å². The zero-order valence-corrected chi connectivity index (χ0v) is 14.8. The van der Waals surface area contributed by atoms with Crippen molar-refractivity contribution < 1.29 is 22.8 Å². The predicted molar refractivity (Wildman–Crippen MR) is 91.0 cm³/mol. The molecule has 0 spiro atoms. The molecule has 1 N–H and O–H groups in total. The largest absolute Gasteiger partial charge is 0.416 e. The van der Waals surface area contributed by atoms with Crippen LogP contribution in [0.1, 0.15) is 17.0 Å². The van der Waals surface area contributed by atoms with Crippen LogP contribution >= 0.6 is 11.6 Å². The van der Waals surface area contributed by atoms with E-state index < -0.39 is 35.4 Å². The van der Waals surface area contributed by atoms with Crippen LogP contribution in [0.2, 0.25) is 5.15 Å². The van der Waals surface area contributed by atoms with E-state index in [4.69, 9.17) is 11.6 Å². The summed E-state index contributed by atoms with van der Waals surface area (Å²) in [5, 5.41) is 9.95. The Kier molecular flexibility index (Phi) is 5.05. The number of carbonyl (C=O) groups excluding carboxylic acids is 2. The standard InChI is InChI=1S/C17H14ClF3N4O2/c1-25-8-11(9-2-4-10(5-3-9)17(19,20)21)14(16(25)27)15(26)22-13-7-6-12(18)23-24-13/h2-7,11,14H,8H2,1H3,(H,22,24,26)/t11-,14+/m0/s1. The molecule has 0 radical (unpaired) electrons. The number of anilines is 1. The van der Waals surface area contributed by atoms with Gasteiger partial charge in [-0.15, -0.1) is 10.2 Å². The number of likely N-dealkylation sites (N-methyl/N-ethyl adjacent to an activating group) is 1. The number of hydrogen-bond donors (Lipinski definition) is 1. The van der Waals surface area contributed by atoms with Gasteiger partial charge in [-0.05, 0) is 29.8 Å². The Balaban J connectivity index is 1.84. The molecule has 6 nitrogen and oxygen atoms in total. The van der Waals surface area contributed by atoms with E-state index in [1.807, 2.05) is 0 Å². The molecule has 0 saturated carbocycles. The molecule has 2 heterocycles. The molecule has 2 atom stereocenters. The predicted octanol–water partition coefficient (Wildman–Crippen LogP) is 2.96. The van der Waals surface area contributed by atoms with Crippen LogP contribution in [0, 0.1) is 5.92 Å². The number of nitrogens with zero attached hydrogens (tertiary/aromatic N) is 3. The lowest BCUT2D eigenvalue weighted by Crippen LogP contribution is -2.33. The summed E-state index contributed by atoms with van der Waals surface area (Å²) < 4.78 is 38.2. The zero-order chi connectivity index (χ0) is 19.8. The number of alkyl halides is 3. The molecule has 1 aliphatic rings. The van der Waals surface area contributed by atoms with E-state index in [2.05, 4.69) is 15.5 Å². The van der Waals surface area contributed by atoms with Crippen molar-refractivity contribution in [3.05, 3.63) is 52.7 Å². The third-order valence-corrected chi connectivity index (χ3v) is 4.55. The van der Waals surface area contributed by atoms with Gasteiger partial charge in [0.05, 0.1) is 5.56 Å². The number of nitrogens with one attached hydrogen (secondary N) is 1. The van der Waals surface area contributed by atoms with E-state index in [0.29, 0.717) is 5.56 Å². The summed E-state index contributed by atoms with van der Waals surface area (Å²) in [5.74, 6) is -2.56. The van der Waals surface area contributed by atoms with Crippen LogP contribution in [0.3, 0.4) is 0 Å². The number of benzene rings is 1. The molecule has 2 aromatic rings. The highest BCUT2D eigenvalue weighted by atomic mass is 35.5. The van der Waals surface area contributed by atoms with E-state index in [1.165, 1.54) is 36.2 Å². The van der Waals surface area contributed by atoms with Crippen molar-refractivity contribution in [2.75, 3.05) is 18.9 Å². The highest BCUT2D eigenvalue weighted by Crippen LogP contribution is 2.36. The Hall–Kier alpha value is -2.68. The van der Waals surface area contributed by atoms with Gasteiger partial charge in [-0.2, -0.15) is 13.2 Å². The molecular formula is C17H14ClF3N4O2. The van der Waals surface area contributed by atoms with Gasteiger partial charge in [-0.3, -0.25) is 9.59 Å². The van der Waals surface area contributed by atoms with Gasteiger partial charge in [0.25, 0.3) is 0 Å². The lowest BCUT2D eigenvalue weighted by atomic mass is 9.87. The Morgan fingerprint density at radius 1 is 1.19 bits per heavy atom. The summed E-state index contributed by atoms with van der Waals surface area (Å²) in [6.45, 7) is 0.217. The third kappa shape index (κ3) is 4.02. The molecule has 10 heteroatoms. The summed E-state index contributed by atoms with van der Waals surface area (Å²) in [4.78, 5) is 26.4. The quantitative estimate of drug-likeness (QED) is 0.807. The van der Waals surface area contributed by atoms with Gasteiger partial charge in [0.2, 0.25) is 11.8 Å². The Labute approximate surface area is 157 Å². The molecule has 1 aromatic carbocycles. The van der Waals surface area contributed by atoms with Gasteiger partial charge in [0, 0.05) is 19.5 Å². The van der Waals surface area contributed by atoms with Crippen molar-refractivity contribution in [1.29, 1.82) is 0 Å². The zero-order valence-electron chi connectivity index (χ0n) is 14.0. The Morgan fingerprint density at radius 2 is 1.85 bits per heavy atom. The van der Waals surface area contributed by atoms with E-state index in [-0.39, 0.29) is 17.5 Å². The molecule has 27 heavy (non-hydrogen) atoms. The van der Waals surface area contributed by atoms with Gasteiger partial charge in [-0.25, -0.2) is 0 Å². The molecule has 0 aliphatic carbocycles. The maximum atomic E-state index is 12.7. The van der Waals surface area contributed by atoms with E-state index in [1.54, 1.807) is 0 Å². The first-order chi connectivity index (χ1) is 12.7. The van der Waals surface area contributed by atoms with Crippen LogP contribution < -0.4 is 5.32 Å². The molecule has 0 bridgehead atoms. The highest BCUT2D eigenvalue weighted by molar-refractivity contribution is 6.29. The third-order valence-electron chi connectivity index (χ3n) is 4.35. The van der Waals surface area contributed by atoms with Crippen molar-refractivity contribution >= 4 is 29.2 Å². The van der Waals surface area contributed by atoms with Crippen LogP contribution in [-0.4, -0.2) is 40.5 Å². The van der Waals surface area contributed by atoms with E-state index >= 15 is 0 Å². The van der Waals surface area contributed by atoms with Crippen molar-refractivity contribution in [2.24, 2.45) is 5.92 Å². The van der Waals surface area contributed by atoms with Gasteiger partial charge >= 0.3 is 6.18 Å². The molecule has 3 rings (SSSR count). The average Bonchev–Trinajstić information content (AvgIpc) is 2.91. The molecule has 1 aliphatic heterocycles. The number of likely N-dealkylation sites (tertiary alicyclic amines) is 1. The minimum atomic E-state index is -4.45. The van der Waals surface area contributed by atoms with E-state index in [0.717, 1.165) is 12.1 Å². The molecule has 0 unspecified atom stereocenters. The van der Waals surface area contributed by atoms with Gasteiger partial charge < -0.3 is 10.2 Å². The van der Waals surface area contributed by atoms with Crippen molar-refractivity contribution in [1.82, 2.24) is 15.1 Å². The Bertz CT molecular complexity index is 856. The van der Waals surface area contributed by atoms with Gasteiger partial charge in [-0.1, -0.05) is 23.7 Å². The molecule has 1 aromatic heterocycles. The second-order valence-corrected chi connectivity index (χ2v) is 6.54. The number of halogens is 4. The lowest BCUT2D eigenvalue weighted by Gasteiger charge is -2.17. The van der Waals surface area contributed by atoms with Crippen molar-refractivity contribution in [3.8, 4) is 0 Å². The molecule has 1 saturated heterocycles. The summed E-state index contributed by atoms with van der Waals surface area (Å²) in [6, 6.07) is 7.34. The minimum absolute atomic E-state index is 0.123. The van der Waals surface area contributed by atoms with Crippen molar-refractivity contribution in [2.45, 2.75) is 12.1 Å². The number of amides is 2. The summed E-state index contributed by atoms with van der Waals surface area (Å²) in [7, 11) is 1.54. The van der Waals surface area contributed by atoms with Crippen LogP contribution in [-0.2, 0) is 15.8 Å². The van der Waals surface area contributed by atoms with Crippen LogP contribution in [0.4, 0.5) is 19.0 Å². The fourth-order valence-electron chi connectivity index (χ4n) is 3.00. The first kappa shape index (κ1) is 19.1. The van der Waals surface area contributed by atoms with Crippen molar-refractivity contribution in [3.63, 3.8) is 0 Å².